The van der Waals surface area contributed by atoms with Gasteiger partial charge in [0, 0.05) is 6.07 Å². The van der Waals surface area contributed by atoms with Gasteiger partial charge in [0.1, 0.15) is 5.75 Å². The summed E-state index contributed by atoms with van der Waals surface area (Å²) in [4.78, 5) is 10.5. The Labute approximate surface area is 80.6 Å². The molecule has 2 amide bonds. The van der Waals surface area contributed by atoms with Crippen LogP contribution in [0.1, 0.15) is 0 Å². The molecule has 0 atom stereocenters. The van der Waals surface area contributed by atoms with Gasteiger partial charge < -0.3 is 15.8 Å². The van der Waals surface area contributed by atoms with Crippen molar-refractivity contribution in [2.45, 2.75) is 0 Å². The van der Waals surface area contributed by atoms with Crippen LogP contribution < -0.4 is 15.8 Å². The van der Waals surface area contributed by atoms with Crippen molar-refractivity contribution >= 4 is 23.3 Å². The SMILES string of the molecule is COc1ccc(Cl)c(NC(N)=O)c1. The Hall–Kier alpha value is -1.42. The zero-order valence-electron chi connectivity index (χ0n) is 7.00. The van der Waals surface area contributed by atoms with E-state index in [4.69, 9.17) is 22.1 Å². The summed E-state index contributed by atoms with van der Waals surface area (Å²) in [6, 6.07) is 4.24. The fraction of sp³-hybridized carbons (Fsp3) is 0.125. The summed E-state index contributed by atoms with van der Waals surface area (Å²) in [5.41, 5.74) is 5.37. The van der Waals surface area contributed by atoms with E-state index in [1.807, 2.05) is 0 Å². The number of primary amides is 1. The van der Waals surface area contributed by atoms with Crippen molar-refractivity contribution in [1.29, 1.82) is 0 Å². The zero-order valence-corrected chi connectivity index (χ0v) is 7.76. The number of rotatable bonds is 2. The van der Waals surface area contributed by atoms with Crippen LogP contribution in [-0.2, 0) is 0 Å². The standard InChI is InChI=1S/C8H9ClN2O2/c1-13-5-2-3-6(9)7(4-5)11-8(10)12/h2-4H,1H3,(H3,10,11,12). The van der Waals surface area contributed by atoms with Gasteiger partial charge in [0.25, 0.3) is 0 Å². The third kappa shape index (κ3) is 2.52. The normalized spacial score (nSPS) is 9.38. The summed E-state index contributed by atoms with van der Waals surface area (Å²) in [6.07, 6.45) is 0. The van der Waals surface area contributed by atoms with E-state index in [9.17, 15) is 4.79 Å². The van der Waals surface area contributed by atoms with E-state index in [1.165, 1.54) is 7.11 Å². The molecule has 5 heteroatoms. The van der Waals surface area contributed by atoms with E-state index in [1.54, 1.807) is 18.2 Å². The first kappa shape index (κ1) is 9.67. The average molecular weight is 201 g/mol. The van der Waals surface area contributed by atoms with Crippen LogP contribution in [0.3, 0.4) is 0 Å². The Bertz CT molecular complexity index is 328. The molecule has 0 saturated heterocycles. The van der Waals surface area contributed by atoms with Gasteiger partial charge in [-0.3, -0.25) is 0 Å². The average Bonchev–Trinajstić information content (AvgIpc) is 2.08. The van der Waals surface area contributed by atoms with E-state index >= 15 is 0 Å². The topological polar surface area (TPSA) is 64.3 Å². The van der Waals surface area contributed by atoms with E-state index in [2.05, 4.69) is 5.32 Å². The second-order valence-electron chi connectivity index (χ2n) is 2.34. The molecule has 0 fully saturated rings. The highest BCUT2D eigenvalue weighted by molar-refractivity contribution is 6.33. The molecule has 4 nitrogen and oxygen atoms in total. The molecule has 0 aromatic heterocycles. The van der Waals surface area contributed by atoms with Gasteiger partial charge in [-0.05, 0) is 12.1 Å². The number of halogens is 1. The summed E-state index contributed by atoms with van der Waals surface area (Å²) >= 11 is 5.77. The second kappa shape index (κ2) is 4.00. The molecular formula is C8H9ClN2O2. The van der Waals surface area contributed by atoms with Gasteiger partial charge in [-0.1, -0.05) is 11.6 Å². The van der Waals surface area contributed by atoms with Crippen molar-refractivity contribution in [1.82, 2.24) is 0 Å². The maximum Gasteiger partial charge on any atom is 0.316 e. The Morgan fingerprint density at radius 2 is 2.31 bits per heavy atom. The fourth-order valence-electron chi connectivity index (χ4n) is 0.860. The van der Waals surface area contributed by atoms with Gasteiger partial charge in [-0.2, -0.15) is 0 Å². The first-order valence-electron chi connectivity index (χ1n) is 3.53. The van der Waals surface area contributed by atoms with E-state index in [0.717, 1.165) is 0 Å². The lowest BCUT2D eigenvalue weighted by Gasteiger charge is -2.06. The number of hydrogen-bond donors (Lipinski definition) is 2. The molecule has 0 heterocycles. The molecule has 0 spiro atoms. The number of benzene rings is 1. The van der Waals surface area contributed by atoms with Gasteiger partial charge >= 0.3 is 6.03 Å². The van der Waals surface area contributed by atoms with E-state index < -0.39 is 6.03 Å². The molecule has 0 aliphatic heterocycles. The van der Waals surface area contributed by atoms with Crippen LogP contribution in [0.4, 0.5) is 10.5 Å². The van der Waals surface area contributed by atoms with Crippen LogP contribution in [0.15, 0.2) is 18.2 Å². The first-order chi connectivity index (χ1) is 6.13. The van der Waals surface area contributed by atoms with Gasteiger partial charge in [0.2, 0.25) is 0 Å². The number of urea groups is 1. The van der Waals surface area contributed by atoms with Crippen molar-refractivity contribution in [3.63, 3.8) is 0 Å². The third-order valence-electron chi connectivity index (χ3n) is 1.43. The Balaban J connectivity index is 2.96. The molecule has 1 aromatic rings. The molecule has 0 radical (unpaired) electrons. The summed E-state index contributed by atoms with van der Waals surface area (Å²) in [5.74, 6) is 0.605. The minimum atomic E-state index is -0.657. The molecule has 70 valence electrons. The lowest BCUT2D eigenvalue weighted by Crippen LogP contribution is -2.19. The molecule has 0 bridgehead atoms. The predicted octanol–water partition coefficient (Wildman–Crippen LogP) is 1.84. The van der Waals surface area contributed by atoms with Crippen LogP contribution in [0.2, 0.25) is 5.02 Å². The molecule has 0 saturated carbocycles. The number of methoxy groups -OCH3 is 1. The minimum Gasteiger partial charge on any atom is -0.497 e. The third-order valence-corrected chi connectivity index (χ3v) is 1.76. The van der Waals surface area contributed by atoms with Gasteiger partial charge in [0.05, 0.1) is 17.8 Å². The van der Waals surface area contributed by atoms with Crippen LogP contribution in [-0.4, -0.2) is 13.1 Å². The predicted molar refractivity (Wildman–Crippen MR) is 51.2 cm³/mol. The molecule has 1 rings (SSSR count). The van der Waals surface area contributed by atoms with E-state index in [-0.39, 0.29) is 0 Å². The van der Waals surface area contributed by atoms with Crippen molar-refractivity contribution < 1.29 is 9.53 Å². The number of carbonyl (C=O) groups excluding carboxylic acids is 1. The second-order valence-corrected chi connectivity index (χ2v) is 2.74. The van der Waals surface area contributed by atoms with Gasteiger partial charge in [-0.15, -0.1) is 0 Å². The first-order valence-corrected chi connectivity index (χ1v) is 3.91. The highest BCUT2D eigenvalue weighted by atomic mass is 35.5. The number of amides is 2. The lowest BCUT2D eigenvalue weighted by molar-refractivity contribution is 0.259. The number of nitrogens with two attached hydrogens (primary N) is 1. The highest BCUT2D eigenvalue weighted by Crippen LogP contribution is 2.26. The van der Waals surface area contributed by atoms with Gasteiger partial charge in [-0.25, -0.2) is 4.79 Å². The maximum absolute atomic E-state index is 10.5. The largest absolute Gasteiger partial charge is 0.497 e. The molecular weight excluding hydrogens is 192 g/mol. The number of ether oxygens (including phenoxy) is 1. The number of carbonyl (C=O) groups is 1. The quantitative estimate of drug-likeness (QED) is 0.765. The van der Waals surface area contributed by atoms with Crippen molar-refractivity contribution in [2.75, 3.05) is 12.4 Å². The molecule has 3 N–H and O–H groups in total. The molecule has 0 unspecified atom stereocenters. The molecule has 0 aliphatic rings. The van der Waals surface area contributed by atoms with Gasteiger partial charge in [0.15, 0.2) is 0 Å². The maximum atomic E-state index is 10.5. The van der Waals surface area contributed by atoms with Crippen molar-refractivity contribution in [3.05, 3.63) is 23.2 Å². The Morgan fingerprint density at radius 3 is 2.85 bits per heavy atom. The van der Waals surface area contributed by atoms with E-state index in [0.29, 0.717) is 16.5 Å². The van der Waals surface area contributed by atoms with Crippen LogP contribution in [0.5, 0.6) is 5.75 Å². The number of hydrogen-bond acceptors (Lipinski definition) is 2. The fourth-order valence-corrected chi connectivity index (χ4v) is 1.02. The van der Waals surface area contributed by atoms with Crippen LogP contribution in [0, 0.1) is 0 Å². The highest BCUT2D eigenvalue weighted by Gasteiger charge is 2.03. The summed E-state index contributed by atoms with van der Waals surface area (Å²) in [7, 11) is 1.53. The minimum absolute atomic E-state index is 0.416. The van der Waals surface area contributed by atoms with Crippen LogP contribution >= 0.6 is 11.6 Å². The summed E-state index contributed by atoms with van der Waals surface area (Å²) < 4.78 is 4.94. The smallest absolute Gasteiger partial charge is 0.316 e. The summed E-state index contributed by atoms with van der Waals surface area (Å²) in [6.45, 7) is 0. The van der Waals surface area contributed by atoms with Crippen molar-refractivity contribution in [2.24, 2.45) is 5.73 Å². The Kier molecular flexibility index (Phi) is 2.97. The molecule has 13 heavy (non-hydrogen) atoms. The lowest BCUT2D eigenvalue weighted by atomic mass is 10.3. The summed E-state index contributed by atoms with van der Waals surface area (Å²) in [5, 5.41) is 2.79. The van der Waals surface area contributed by atoms with Crippen molar-refractivity contribution in [3.8, 4) is 5.75 Å². The Morgan fingerprint density at radius 1 is 1.62 bits per heavy atom. The van der Waals surface area contributed by atoms with Crippen LogP contribution in [0.25, 0.3) is 0 Å². The molecule has 1 aromatic carbocycles. The number of anilines is 1. The zero-order chi connectivity index (χ0) is 9.84. The molecule has 0 aliphatic carbocycles. The monoisotopic (exact) mass is 200 g/mol. The number of nitrogens with one attached hydrogen (secondary N) is 1.